The average molecular weight is 315 g/mol. The summed E-state index contributed by atoms with van der Waals surface area (Å²) >= 11 is 0. The van der Waals surface area contributed by atoms with E-state index >= 15 is 0 Å². The van der Waals surface area contributed by atoms with Crippen molar-refractivity contribution in [3.8, 4) is 0 Å². The second-order valence-electron chi connectivity index (χ2n) is 5.58. The number of nitrogens with one attached hydrogen (secondary N) is 2. The lowest BCUT2D eigenvalue weighted by Gasteiger charge is -2.19. The van der Waals surface area contributed by atoms with Gasteiger partial charge in [-0.15, -0.1) is 12.4 Å². The maximum atomic E-state index is 12.4. The first kappa shape index (κ1) is 15.8. The van der Waals surface area contributed by atoms with Gasteiger partial charge < -0.3 is 15.2 Å². The number of carbonyl (C=O) groups is 1. The van der Waals surface area contributed by atoms with Crippen LogP contribution in [0.25, 0.3) is 0 Å². The SMILES string of the molecule is Cl.O=C(c1cc([N+](=O)[O-])c[nH]1)N1CC[C@@H]2CNC[C@@H]2CC1. The summed E-state index contributed by atoms with van der Waals surface area (Å²) < 4.78 is 0. The molecular formula is C13H19ClN4O3. The molecule has 21 heavy (non-hydrogen) atoms. The molecule has 0 unspecified atom stereocenters. The van der Waals surface area contributed by atoms with Crippen molar-refractivity contribution in [2.75, 3.05) is 26.2 Å². The number of halogens is 1. The van der Waals surface area contributed by atoms with Crippen LogP contribution in [0.5, 0.6) is 0 Å². The van der Waals surface area contributed by atoms with Crippen LogP contribution in [-0.2, 0) is 0 Å². The van der Waals surface area contributed by atoms with Crippen molar-refractivity contribution in [2.24, 2.45) is 11.8 Å². The minimum atomic E-state index is -0.494. The fourth-order valence-corrected chi connectivity index (χ4v) is 3.20. The molecule has 7 nitrogen and oxygen atoms in total. The van der Waals surface area contributed by atoms with Gasteiger partial charge >= 0.3 is 0 Å². The third kappa shape index (κ3) is 3.19. The first-order valence-electron chi connectivity index (χ1n) is 6.98. The van der Waals surface area contributed by atoms with Gasteiger partial charge in [-0.2, -0.15) is 0 Å². The zero-order chi connectivity index (χ0) is 14.1. The average Bonchev–Trinajstić information content (AvgIpc) is 3.04. The van der Waals surface area contributed by atoms with E-state index in [4.69, 9.17) is 0 Å². The molecular weight excluding hydrogens is 296 g/mol. The lowest BCUT2D eigenvalue weighted by molar-refractivity contribution is -0.384. The van der Waals surface area contributed by atoms with Gasteiger partial charge in [-0.1, -0.05) is 0 Å². The van der Waals surface area contributed by atoms with Crippen LogP contribution < -0.4 is 5.32 Å². The third-order valence-electron chi connectivity index (χ3n) is 4.42. The van der Waals surface area contributed by atoms with Crippen LogP contribution in [0.4, 0.5) is 5.69 Å². The highest BCUT2D eigenvalue weighted by Gasteiger charge is 2.32. The maximum Gasteiger partial charge on any atom is 0.287 e. The van der Waals surface area contributed by atoms with Crippen LogP contribution in [0.15, 0.2) is 12.3 Å². The molecule has 3 heterocycles. The van der Waals surface area contributed by atoms with E-state index in [0.29, 0.717) is 17.5 Å². The number of carbonyl (C=O) groups excluding carboxylic acids is 1. The minimum Gasteiger partial charge on any atom is -0.351 e. The molecule has 0 spiro atoms. The van der Waals surface area contributed by atoms with Crippen LogP contribution in [0.3, 0.4) is 0 Å². The molecule has 0 radical (unpaired) electrons. The van der Waals surface area contributed by atoms with Gasteiger partial charge in [0.25, 0.3) is 11.6 Å². The molecule has 2 N–H and O–H groups in total. The molecule has 2 aliphatic rings. The fraction of sp³-hybridized carbons (Fsp3) is 0.615. The second-order valence-corrected chi connectivity index (χ2v) is 5.58. The summed E-state index contributed by atoms with van der Waals surface area (Å²) in [7, 11) is 0. The number of nitrogens with zero attached hydrogens (tertiary/aromatic N) is 2. The molecule has 0 aromatic carbocycles. The van der Waals surface area contributed by atoms with Crippen molar-refractivity contribution < 1.29 is 9.72 Å². The fourth-order valence-electron chi connectivity index (χ4n) is 3.20. The largest absolute Gasteiger partial charge is 0.351 e. The van der Waals surface area contributed by atoms with Crippen LogP contribution in [0, 0.1) is 22.0 Å². The van der Waals surface area contributed by atoms with Gasteiger partial charge in [0.05, 0.1) is 11.1 Å². The molecule has 8 heteroatoms. The predicted octanol–water partition coefficient (Wildman–Crippen LogP) is 1.42. The Morgan fingerprint density at radius 1 is 1.29 bits per heavy atom. The Morgan fingerprint density at radius 3 is 2.43 bits per heavy atom. The normalized spacial score (nSPS) is 24.9. The summed E-state index contributed by atoms with van der Waals surface area (Å²) in [5.74, 6) is 1.18. The Bertz CT molecular complexity index is 519. The Labute approximate surface area is 128 Å². The van der Waals surface area contributed by atoms with Gasteiger partial charge in [0.15, 0.2) is 0 Å². The number of likely N-dealkylation sites (tertiary alicyclic amines) is 1. The molecule has 0 bridgehead atoms. The monoisotopic (exact) mass is 314 g/mol. The second kappa shape index (κ2) is 6.44. The molecule has 1 aromatic heterocycles. The van der Waals surface area contributed by atoms with Crippen molar-refractivity contribution in [1.29, 1.82) is 0 Å². The summed E-state index contributed by atoms with van der Waals surface area (Å²) in [6.45, 7) is 3.55. The molecule has 2 saturated heterocycles. The highest BCUT2D eigenvalue weighted by molar-refractivity contribution is 5.93. The number of hydrogen-bond donors (Lipinski definition) is 2. The molecule has 1 aromatic rings. The van der Waals surface area contributed by atoms with E-state index in [9.17, 15) is 14.9 Å². The summed E-state index contributed by atoms with van der Waals surface area (Å²) in [5, 5.41) is 14.1. The van der Waals surface area contributed by atoms with Crippen molar-refractivity contribution in [3.05, 3.63) is 28.1 Å². The number of amides is 1. The number of H-pyrrole nitrogens is 1. The molecule has 3 rings (SSSR count). The summed E-state index contributed by atoms with van der Waals surface area (Å²) in [6.07, 6.45) is 3.28. The summed E-state index contributed by atoms with van der Waals surface area (Å²) in [4.78, 5) is 27.0. The Balaban J connectivity index is 0.00000161. The maximum absolute atomic E-state index is 12.4. The van der Waals surface area contributed by atoms with Crippen LogP contribution in [0.2, 0.25) is 0 Å². The van der Waals surface area contributed by atoms with Crippen LogP contribution in [-0.4, -0.2) is 46.9 Å². The number of fused-ring (bicyclic) bond motifs is 1. The first-order valence-corrected chi connectivity index (χ1v) is 6.98. The molecule has 2 atom stereocenters. The molecule has 0 aliphatic carbocycles. The number of hydrogen-bond acceptors (Lipinski definition) is 4. The number of nitro groups is 1. The third-order valence-corrected chi connectivity index (χ3v) is 4.42. The van der Waals surface area contributed by atoms with Crippen molar-refractivity contribution in [1.82, 2.24) is 15.2 Å². The standard InChI is InChI=1S/C13H18N4O3.ClH/c18-13(12-5-11(8-15-12)17(19)20)16-3-1-9-6-14-7-10(9)2-4-16;/h5,8-10,14-15H,1-4,6-7H2;1H/t9-,10+;. The van der Waals surface area contributed by atoms with E-state index in [2.05, 4.69) is 10.3 Å². The number of aromatic amines is 1. The molecule has 1 amide bonds. The van der Waals surface area contributed by atoms with Crippen LogP contribution in [0.1, 0.15) is 23.3 Å². The zero-order valence-electron chi connectivity index (χ0n) is 11.6. The number of aromatic nitrogens is 1. The molecule has 2 fully saturated rings. The van der Waals surface area contributed by atoms with Gasteiger partial charge in [0, 0.05) is 19.2 Å². The van der Waals surface area contributed by atoms with E-state index in [1.165, 1.54) is 12.3 Å². The summed E-state index contributed by atoms with van der Waals surface area (Å²) in [6, 6.07) is 1.32. The minimum absolute atomic E-state index is 0. The molecule has 2 aliphatic heterocycles. The predicted molar refractivity (Wildman–Crippen MR) is 79.7 cm³/mol. The Kier molecular flexibility index (Phi) is 4.84. The van der Waals surface area contributed by atoms with Gasteiger partial charge in [-0.3, -0.25) is 14.9 Å². The highest BCUT2D eigenvalue weighted by atomic mass is 35.5. The molecule has 116 valence electrons. The van der Waals surface area contributed by atoms with E-state index in [1.54, 1.807) is 0 Å². The zero-order valence-corrected chi connectivity index (χ0v) is 12.4. The number of rotatable bonds is 2. The van der Waals surface area contributed by atoms with Gasteiger partial charge in [0.1, 0.15) is 5.69 Å². The summed E-state index contributed by atoms with van der Waals surface area (Å²) in [5.41, 5.74) is 0.242. The van der Waals surface area contributed by atoms with Gasteiger partial charge in [-0.05, 0) is 37.8 Å². The van der Waals surface area contributed by atoms with Gasteiger partial charge in [0.2, 0.25) is 0 Å². The highest BCUT2D eigenvalue weighted by Crippen LogP contribution is 2.27. The lowest BCUT2D eigenvalue weighted by atomic mass is 9.92. The lowest BCUT2D eigenvalue weighted by Crippen LogP contribution is -2.32. The van der Waals surface area contributed by atoms with Crippen molar-refractivity contribution >= 4 is 24.0 Å². The van der Waals surface area contributed by atoms with E-state index in [0.717, 1.165) is 39.0 Å². The topological polar surface area (TPSA) is 91.3 Å². The first-order chi connectivity index (χ1) is 9.65. The van der Waals surface area contributed by atoms with E-state index in [1.807, 2.05) is 4.90 Å². The van der Waals surface area contributed by atoms with Gasteiger partial charge in [-0.25, -0.2) is 0 Å². The van der Waals surface area contributed by atoms with E-state index < -0.39 is 4.92 Å². The quantitative estimate of drug-likeness (QED) is 0.638. The smallest absolute Gasteiger partial charge is 0.287 e. The molecule has 0 saturated carbocycles. The Morgan fingerprint density at radius 2 is 1.90 bits per heavy atom. The van der Waals surface area contributed by atoms with Crippen molar-refractivity contribution in [2.45, 2.75) is 12.8 Å². The van der Waals surface area contributed by atoms with Crippen molar-refractivity contribution in [3.63, 3.8) is 0 Å². The van der Waals surface area contributed by atoms with Crippen LogP contribution >= 0.6 is 12.4 Å². The van der Waals surface area contributed by atoms with E-state index in [-0.39, 0.29) is 24.0 Å². The Hall–Kier alpha value is -1.60.